The van der Waals surface area contributed by atoms with E-state index in [2.05, 4.69) is 22.2 Å². The second-order valence-electron chi connectivity index (χ2n) is 6.00. The van der Waals surface area contributed by atoms with Crippen molar-refractivity contribution in [2.75, 3.05) is 6.54 Å². The Bertz CT molecular complexity index is 879. The molecule has 1 amide bonds. The maximum absolute atomic E-state index is 12.9. The first kappa shape index (κ1) is 18.5. The van der Waals surface area contributed by atoms with Crippen LogP contribution in [0, 0.1) is 5.82 Å². The van der Waals surface area contributed by atoms with E-state index in [0.29, 0.717) is 17.9 Å². The van der Waals surface area contributed by atoms with E-state index < -0.39 is 0 Å². The van der Waals surface area contributed by atoms with Gasteiger partial charge in [-0.15, -0.1) is 0 Å². The smallest absolute Gasteiger partial charge is 0.321 e. The van der Waals surface area contributed by atoms with Gasteiger partial charge in [-0.05, 0) is 48.4 Å². The van der Waals surface area contributed by atoms with Crippen LogP contribution in [0.5, 0.6) is 11.8 Å². The number of hydrogen-bond acceptors (Lipinski definition) is 4. The Morgan fingerprint density at radius 2 is 1.67 bits per heavy atom. The number of carbonyl (C=O) groups is 1. The van der Waals surface area contributed by atoms with Crippen molar-refractivity contribution >= 4 is 5.91 Å². The molecule has 0 aliphatic heterocycles. The molecule has 138 valence electrons. The first-order valence-electron chi connectivity index (χ1n) is 8.80. The van der Waals surface area contributed by atoms with Crippen LogP contribution in [0.25, 0.3) is 11.1 Å². The molecule has 0 atom stereocenters. The number of amides is 1. The number of aromatic nitrogens is 2. The van der Waals surface area contributed by atoms with Crippen molar-refractivity contribution in [3.63, 3.8) is 0 Å². The zero-order chi connectivity index (χ0) is 19.1. The van der Waals surface area contributed by atoms with Crippen LogP contribution in [0.3, 0.4) is 0 Å². The molecule has 27 heavy (non-hydrogen) atoms. The van der Waals surface area contributed by atoms with Crippen LogP contribution < -0.4 is 10.1 Å². The molecule has 0 aliphatic carbocycles. The summed E-state index contributed by atoms with van der Waals surface area (Å²) in [5, 5.41) is 2.89. The summed E-state index contributed by atoms with van der Waals surface area (Å²) >= 11 is 0. The molecule has 0 unspecified atom stereocenters. The number of carbonyl (C=O) groups excluding carboxylic acids is 1. The largest absolute Gasteiger partial charge is 0.424 e. The Hall–Kier alpha value is -3.28. The number of ether oxygens (including phenoxy) is 1. The van der Waals surface area contributed by atoms with Crippen molar-refractivity contribution in [1.29, 1.82) is 0 Å². The molecule has 0 aliphatic rings. The van der Waals surface area contributed by atoms with E-state index in [1.807, 2.05) is 12.1 Å². The minimum Gasteiger partial charge on any atom is -0.424 e. The predicted octanol–water partition coefficient (Wildman–Crippen LogP) is 4.60. The average Bonchev–Trinajstić information content (AvgIpc) is 2.70. The van der Waals surface area contributed by atoms with Gasteiger partial charge < -0.3 is 10.1 Å². The first-order chi connectivity index (χ1) is 13.2. The highest BCUT2D eigenvalue weighted by Crippen LogP contribution is 2.22. The summed E-state index contributed by atoms with van der Waals surface area (Å²) in [7, 11) is 0. The highest BCUT2D eigenvalue weighted by atomic mass is 19.1. The number of unbranched alkanes of at least 4 members (excludes halogenated alkanes) is 1. The zero-order valence-corrected chi connectivity index (χ0v) is 15.0. The van der Waals surface area contributed by atoms with Gasteiger partial charge in [0.25, 0.3) is 5.91 Å². The molecule has 1 N–H and O–H groups in total. The van der Waals surface area contributed by atoms with Gasteiger partial charge >= 0.3 is 6.01 Å². The third kappa shape index (κ3) is 5.10. The lowest BCUT2D eigenvalue weighted by atomic mass is 10.1. The molecule has 1 aromatic heterocycles. The molecule has 0 saturated carbocycles. The lowest BCUT2D eigenvalue weighted by Crippen LogP contribution is -2.24. The molecule has 6 heteroatoms. The summed E-state index contributed by atoms with van der Waals surface area (Å²) < 4.78 is 18.4. The molecule has 0 saturated heterocycles. The fraction of sp³-hybridized carbons (Fsp3) is 0.190. The monoisotopic (exact) mass is 365 g/mol. The fourth-order valence-corrected chi connectivity index (χ4v) is 2.42. The summed E-state index contributed by atoms with van der Waals surface area (Å²) in [4.78, 5) is 20.4. The van der Waals surface area contributed by atoms with Gasteiger partial charge in [-0.25, -0.2) is 14.4 Å². The number of nitrogens with one attached hydrogen (secondary N) is 1. The van der Waals surface area contributed by atoms with Gasteiger partial charge in [0.15, 0.2) is 0 Å². The quantitative estimate of drug-likeness (QED) is 0.621. The summed E-state index contributed by atoms with van der Waals surface area (Å²) in [5.41, 5.74) is 2.32. The van der Waals surface area contributed by atoms with Crippen molar-refractivity contribution in [1.82, 2.24) is 15.3 Å². The molecular weight excluding hydrogens is 345 g/mol. The van der Waals surface area contributed by atoms with E-state index in [1.54, 1.807) is 24.5 Å². The molecule has 1 heterocycles. The van der Waals surface area contributed by atoms with Crippen LogP contribution in [0.1, 0.15) is 30.1 Å². The predicted molar refractivity (Wildman–Crippen MR) is 101 cm³/mol. The maximum atomic E-state index is 12.9. The summed E-state index contributed by atoms with van der Waals surface area (Å²) in [5.74, 6) is 0.0537. The zero-order valence-electron chi connectivity index (χ0n) is 15.0. The number of nitrogens with zero attached hydrogens (tertiary/aromatic N) is 2. The highest BCUT2D eigenvalue weighted by molar-refractivity contribution is 5.94. The van der Waals surface area contributed by atoms with Gasteiger partial charge in [0.1, 0.15) is 11.6 Å². The average molecular weight is 365 g/mol. The van der Waals surface area contributed by atoms with Crippen molar-refractivity contribution in [3.8, 4) is 22.9 Å². The molecule has 3 rings (SSSR count). The third-order valence-corrected chi connectivity index (χ3v) is 3.95. The molecule has 3 aromatic rings. The minimum atomic E-state index is -0.332. The molecular formula is C21H20FN3O2. The maximum Gasteiger partial charge on any atom is 0.321 e. The van der Waals surface area contributed by atoms with Crippen LogP contribution >= 0.6 is 0 Å². The van der Waals surface area contributed by atoms with E-state index in [9.17, 15) is 9.18 Å². The first-order valence-corrected chi connectivity index (χ1v) is 8.80. The van der Waals surface area contributed by atoms with Crippen molar-refractivity contribution in [2.24, 2.45) is 0 Å². The van der Waals surface area contributed by atoms with E-state index in [1.165, 1.54) is 24.3 Å². The summed E-state index contributed by atoms with van der Waals surface area (Å²) in [6.45, 7) is 2.76. The standard InChI is InChI=1S/C21H20FN3O2/c1-2-3-12-23-20(26)16-6-4-15(5-7-16)17-13-24-21(25-14-17)27-19-10-8-18(22)9-11-19/h4-11,13-14H,2-3,12H2,1H3,(H,23,26). The Kier molecular flexibility index (Phi) is 6.10. The number of rotatable bonds is 7. The minimum absolute atomic E-state index is 0.0747. The van der Waals surface area contributed by atoms with Gasteiger partial charge in [0.2, 0.25) is 0 Å². The third-order valence-electron chi connectivity index (χ3n) is 3.95. The number of halogens is 1. The van der Waals surface area contributed by atoms with Gasteiger partial charge in [0, 0.05) is 30.1 Å². The van der Waals surface area contributed by atoms with Gasteiger partial charge in [-0.2, -0.15) is 0 Å². The lowest BCUT2D eigenvalue weighted by molar-refractivity contribution is 0.0953. The Balaban J connectivity index is 1.64. The van der Waals surface area contributed by atoms with Crippen LogP contribution in [-0.2, 0) is 0 Å². The van der Waals surface area contributed by atoms with Crippen molar-refractivity contribution in [3.05, 3.63) is 72.3 Å². The van der Waals surface area contributed by atoms with Gasteiger partial charge in [-0.1, -0.05) is 25.5 Å². The summed E-state index contributed by atoms with van der Waals surface area (Å²) in [6.07, 6.45) is 5.29. The molecule has 0 spiro atoms. The van der Waals surface area contributed by atoms with E-state index >= 15 is 0 Å². The van der Waals surface area contributed by atoms with Gasteiger partial charge in [-0.3, -0.25) is 4.79 Å². The SMILES string of the molecule is CCCCNC(=O)c1ccc(-c2cnc(Oc3ccc(F)cc3)nc2)cc1. The van der Waals surface area contributed by atoms with Crippen molar-refractivity contribution in [2.45, 2.75) is 19.8 Å². The van der Waals surface area contributed by atoms with E-state index in [-0.39, 0.29) is 17.7 Å². The molecule has 0 fully saturated rings. The van der Waals surface area contributed by atoms with Crippen LogP contribution in [0.4, 0.5) is 4.39 Å². The lowest BCUT2D eigenvalue weighted by Gasteiger charge is -2.07. The number of hydrogen-bond donors (Lipinski definition) is 1. The second-order valence-corrected chi connectivity index (χ2v) is 6.00. The van der Waals surface area contributed by atoms with Gasteiger partial charge in [0.05, 0.1) is 0 Å². The molecule has 5 nitrogen and oxygen atoms in total. The van der Waals surface area contributed by atoms with Crippen LogP contribution in [0.2, 0.25) is 0 Å². The fourth-order valence-electron chi connectivity index (χ4n) is 2.42. The normalized spacial score (nSPS) is 10.4. The number of benzene rings is 2. The highest BCUT2D eigenvalue weighted by Gasteiger charge is 2.07. The van der Waals surface area contributed by atoms with Crippen LogP contribution in [0.15, 0.2) is 60.9 Å². The Morgan fingerprint density at radius 1 is 1.00 bits per heavy atom. The molecule has 2 aromatic carbocycles. The Morgan fingerprint density at radius 3 is 2.30 bits per heavy atom. The van der Waals surface area contributed by atoms with E-state index in [0.717, 1.165) is 24.0 Å². The molecule has 0 radical (unpaired) electrons. The van der Waals surface area contributed by atoms with Crippen LogP contribution in [-0.4, -0.2) is 22.4 Å². The topological polar surface area (TPSA) is 64.1 Å². The second kappa shape index (κ2) is 8.89. The summed E-state index contributed by atoms with van der Waals surface area (Å²) in [6, 6.07) is 13.1. The van der Waals surface area contributed by atoms with Crippen molar-refractivity contribution < 1.29 is 13.9 Å². The molecule has 0 bridgehead atoms. The Labute approximate surface area is 157 Å². The van der Waals surface area contributed by atoms with E-state index in [4.69, 9.17) is 4.74 Å².